The Morgan fingerprint density at radius 3 is 2.37 bits per heavy atom. The van der Waals surface area contributed by atoms with Gasteiger partial charge in [0.05, 0.1) is 6.10 Å². The van der Waals surface area contributed by atoms with Crippen molar-refractivity contribution in [1.29, 1.82) is 0 Å². The monoisotopic (exact) mass is 534 g/mol. The molecule has 0 fully saturated rings. The van der Waals surface area contributed by atoms with Crippen LogP contribution in [-0.2, 0) is 45.1 Å². The molecule has 214 valence electrons. The summed E-state index contributed by atoms with van der Waals surface area (Å²) in [6.45, 7) is 9.73. The molecule has 0 spiro atoms. The number of aliphatic hydroxyl groups is 1. The fourth-order valence-electron chi connectivity index (χ4n) is 4.67. The number of cyclic esters (lactones) is 1. The average molecular weight is 535 g/mol. The Kier molecular flexibility index (Phi) is 13.1. The quantitative estimate of drug-likeness (QED) is 0.266. The molecule has 2 bridgehead atoms. The van der Waals surface area contributed by atoms with Crippen molar-refractivity contribution in [1.82, 2.24) is 0 Å². The largest absolute Gasteiger partial charge is 0.455 e. The van der Waals surface area contributed by atoms with E-state index in [1.807, 2.05) is 45.0 Å². The van der Waals surface area contributed by atoms with E-state index >= 15 is 0 Å². The number of ether oxygens (including phenoxy) is 5. The first-order valence-electron chi connectivity index (χ1n) is 13.5. The number of rotatable bonds is 10. The summed E-state index contributed by atoms with van der Waals surface area (Å²) in [4.78, 5) is 26.8. The second-order valence-electron chi connectivity index (χ2n) is 10.6. The van der Waals surface area contributed by atoms with Gasteiger partial charge in [-0.1, -0.05) is 58.0 Å². The molecule has 1 aliphatic rings. The minimum atomic E-state index is -1.12. The lowest BCUT2D eigenvalue weighted by atomic mass is 9.76. The third-order valence-corrected chi connectivity index (χ3v) is 7.42. The summed E-state index contributed by atoms with van der Waals surface area (Å²) in [7, 11) is 2.98. The highest BCUT2D eigenvalue weighted by atomic mass is 16.7. The van der Waals surface area contributed by atoms with Gasteiger partial charge < -0.3 is 28.8 Å². The Labute approximate surface area is 227 Å². The van der Waals surface area contributed by atoms with Gasteiger partial charge in [-0.25, -0.2) is 4.79 Å². The Bertz CT molecular complexity index is 921. The van der Waals surface area contributed by atoms with Crippen LogP contribution in [0.25, 0.3) is 0 Å². The van der Waals surface area contributed by atoms with Crippen LogP contribution in [0.2, 0.25) is 0 Å². The minimum Gasteiger partial charge on any atom is -0.455 e. The van der Waals surface area contributed by atoms with Crippen molar-refractivity contribution >= 4 is 11.8 Å². The number of benzene rings is 1. The topological polar surface area (TPSA) is 101 Å². The molecule has 1 aromatic carbocycles. The molecule has 8 nitrogen and oxygen atoms in total. The van der Waals surface area contributed by atoms with Crippen molar-refractivity contribution in [2.75, 3.05) is 27.8 Å². The molecular formula is C30H46O8. The lowest BCUT2D eigenvalue weighted by Gasteiger charge is -2.33. The summed E-state index contributed by atoms with van der Waals surface area (Å²) in [5, 5.41) is 11.1. The second-order valence-corrected chi connectivity index (χ2v) is 10.6. The molecule has 8 heteroatoms. The molecule has 0 saturated heterocycles. The summed E-state index contributed by atoms with van der Waals surface area (Å²) in [5.74, 6) is -0.535. The molecule has 38 heavy (non-hydrogen) atoms. The van der Waals surface area contributed by atoms with Crippen molar-refractivity contribution in [3.63, 3.8) is 0 Å². The fraction of sp³-hybridized carbons (Fsp3) is 0.667. The van der Waals surface area contributed by atoms with Gasteiger partial charge in [0.1, 0.15) is 31.6 Å². The molecule has 1 heterocycles. The predicted molar refractivity (Wildman–Crippen MR) is 145 cm³/mol. The molecule has 0 unspecified atom stereocenters. The van der Waals surface area contributed by atoms with Gasteiger partial charge in [-0.2, -0.15) is 0 Å². The first-order chi connectivity index (χ1) is 18.1. The number of ketones is 1. The number of methoxy groups -OCH3 is 2. The number of fused-ring (bicyclic) bond motifs is 2. The SMILES string of the molecule is CCC(/C=C(/C)[C@@H]1CC(=O)C[C@H](O)C(C)(C)c2cccc(c2)C[C@@H](OCOC)[C@H](OCOC)C(=O)O1)CC. The van der Waals surface area contributed by atoms with Crippen molar-refractivity contribution in [3.8, 4) is 0 Å². The van der Waals surface area contributed by atoms with Crippen molar-refractivity contribution in [2.24, 2.45) is 5.92 Å². The maximum absolute atomic E-state index is 13.6. The molecular weight excluding hydrogens is 488 g/mol. The third-order valence-electron chi connectivity index (χ3n) is 7.42. The number of esters is 1. The maximum Gasteiger partial charge on any atom is 0.338 e. The van der Waals surface area contributed by atoms with E-state index in [9.17, 15) is 14.7 Å². The summed E-state index contributed by atoms with van der Waals surface area (Å²) in [5.41, 5.74) is 1.88. The van der Waals surface area contributed by atoms with Gasteiger partial charge in [-0.15, -0.1) is 0 Å². The summed E-state index contributed by atoms with van der Waals surface area (Å²) in [6.07, 6.45) is 0.614. The van der Waals surface area contributed by atoms with Gasteiger partial charge in [0, 0.05) is 38.9 Å². The highest BCUT2D eigenvalue weighted by molar-refractivity contribution is 5.81. The first kappa shape index (κ1) is 32.1. The number of Topliss-reactive ketones (excluding diaryl/α,β-unsaturated/α-hetero) is 1. The molecule has 0 saturated carbocycles. The lowest BCUT2D eigenvalue weighted by molar-refractivity contribution is -0.192. The highest BCUT2D eigenvalue weighted by Gasteiger charge is 2.37. The average Bonchev–Trinajstić information content (AvgIpc) is 2.89. The van der Waals surface area contributed by atoms with Crippen LogP contribution in [0.15, 0.2) is 35.9 Å². The first-order valence-corrected chi connectivity index (χ1v) is 13.5. The van der Waals surface area contributed by atoms with Crippen LogP contribution in [0, 0.1) is 5.92 Å². The van der Waals surface area contributed by atoms with Crippen LogP contribution < -0.4 is 0 Å². The van der Waals surface area contributed by atoms with Crippen LogP contribution >= 0.6 is 0 Å². The second kappa shape index (κ2) is 15.5. The van der Waals surface area contributed by atoms with Crippen molar-refractivity contribution < 1.29 is 38.4 Å². The number of carbonyl (C=O) groups excluding carboxylic acids is 2. The number of allylic oxidation sites excluding steroid dienone is 1. The van der Waals surface area contributed by atoms with Crippen LogP contribution in [-0.4, -0.2) is 69.1 Å². The Hall–Kier alpha value is -2.10. The summed E-state index contributed by atoms with van der Waals surface area (Å²) >= 11 is 0. The van der Waals surface area contributed by atoms with Crippen molar-refractivity contribution in [3.05, 3.63) is 47.0 Å². The number of hydrogen-bond donors (Lipinski definition) is 1. The maximum atomic E-state index is 13.6. The van der Waals surface area contributed by atoms with Gasteiger partial charge in [0.2, 0.25) is 0 Å². The van der Waals surface area contributed by atoms with Gasteiger partial charge in [-0.05, 0) is 42.4 Å². The van der Waals surface area contributed by atoms with Crippen LogP contribution in [0.4, 0.5) is 0 Å². The van der Waals surface area contributed by atoms with E-state index in [2.05, 4.69) is 19.9 Å². The molecule has 0 amide bonds. The highest BCUT2D eigenvalue weighted by Crippen LogP contribution is 2.31. The van der Waals surface area contributed by atoms with Crippen molar-refractivity contribution in [2.45, 2.75) is 96.6 Å². The zero-order valence-electron chi connectivity index (χ0n) is 24.0. The van der Waals surface area contributed by atoms with E-state index in [1.165, 1.54) is 14.2 Å². The Morgan fingerprint density at radius 2 is 1.74 bits per heavy atom. The van der Waals surface area contributed by atoms with E-state index in [4.69, 9.17) is 23.7 Å². The van der Waals surface area contributed by atoms with Crippen LogP contribution in [0.5, 0.6) is 0 Å². The van der Waals surface area contributed by atoms with Gasteiger partial charge in [0.25, 0.3) is 0 Å². The summed E-state index contributed by atoms with van der Waals surface area (Å²) in [6, 6.07) is 7.72. The fourth-order valence-corrected chi connectivity index (χ4v) is 4.67. The third kappa shape index (κ3) is 8.99. The van der Waals surface area contributed by atoms with E-state index in [0.717, 1.165) is 29.5 Å². The number of aliphatic hydroxyl groups excluding tert-OH is 1. The minimum absolute atomic E-state index is 0.0397. The van der Waals surface area contributed by atoms with Gasteiger partial charge in [-0.3, -0.25) is 4.79 Å². The number of hydrogen-bond acceptors (Lipinski definition) is 8. The predicted octanol–water partition coefficient (Wildman–Crippen LogP) is 4.50. The zero-order chi connectivity index (χ0) is 28.3. The molecule has 0 aromatic heterocycles. The van der Waals surface area contributed by atoms with E-state index in [1.54, 1.807) is 0 Å². The van der Waals surface area contributed by atoms with Gasteiger partial charge in [0.15, 0.2) is 6.10 Å². The smallest absolute Gasteiger partial charge is 0.338 e. The number of carbonyl (C=O) groups is 2. The lowest BCUT2D eigenvalue weighted by Crippen LogP contribution is -2.44. The molecule has 1 N–H and O–H groups in total. The molecule has 0 radical (unpaired) electrons. The van der Waals surface area contributed by atoms with Gasteiger partial charge >= 0.3 is 5.97 Å². The summed E-state index contributed by atoms with van der Waals surface area (Å²) < 4.78 is 27.9. The molecule has 1 aromatic rings. The zero-order valence-corrected chi connectivity index (χ0v) is 24.0. The normalized spacial score (nSPS) is 25.2. The standard InChI is InChI=1S/C30H46O8/c1-8-21(9-2)13-20(3)25-16-24(31)17-27(32)30(4,5)23-12-10-11-22(14-23)15-26(36-18-34-6)28(29(33)38-25)37-19-35-7/h10-14,21,25-28,32H,8-9,15-19H2,1-7H3/b20-13-/t25-,26+,27-,28-/m0/s1. The molecule has 4 atom stereocenters. The molecule has 2 rings (SSSR count). The Balaban J connectivity index is 2.58. The van der Waals surface area contributed by atoms with E-state index in [0.29, 0.717) is 12.3 Å². The van der Waals surface area contributed by atoms with E-state index < -0.39 is 35.8 Å². The van der Waals surface area contributed by atoms with Crippen LogP contribution in [0.3, 0.4) is 0 Å². The Morgan fingerprint density at radius 1 is 1.08 bits per heavy atom. The van der Waals surface area contributed by atoms with E-state index in [-0.39, 0.29) is 32.2 Å². The van der Waals surface area contributed by atoms with Crippen LogP contribution in [0.1, 0.15) is 71.4 Å². The molecule has 1 aliphatic heterocycles. The molecule has 0 aliphatic carbocycles.